The summed E-state index contributed by atoms with van der Waals surface area (Å²) in [7, 11) is 0. The van der Waals surface area contributed by atoms with Gasteiger partial charge >= 0.3 is 5.97 Å². The van der Waals surface area contributed by atoms with Crippen LogP contribution in [0.2, 0.25) is 0 Å². The van der Waals surface area contributed by atoms with Crippen LogP contribution < -0.4 is 11.5 Å². The maximum Gasteiger partial charge on any atom is 0.329 e. The molecule has 0 spiro atoms. The largest absolute Gasteiger partial charge is 0.459 e. The lowest BCUT2D eigenvalue weighted by Gasteiger charge is -2.21. The van der Waals surface area contributed by atoms with Crippen LogP contribution in [0.25, 0.3) is 0 Å². The summed E-state index contributed by atoms with van der Waals surface area (Å²) in [6.07, 6.45) is 1.46. The molecule has 0 aliphatic carbocycles. The molecular formula is C11H17N3O2. The van der Waals surface area contributed by atoms with Crippen molar-refractivity contribution >= 4 is 11.7 Å². The van der Waals surface area contributed by atoms with Crippen LogP contribution in [0.5, 0.6) is 0 Å². The molecule has 0 radical (unpaired) electrons. The van der Waals surface area contributed by atoms with Gasteiger partial charge < -0.3 is 16.2 Å². The fraction of sp³-hybridized carbons (Fsp3) is 0.455. The van der Waals surface area contributed by atoms with Crippen LogP contribution in [0.1, 0.15) is 32.5 Å². The average molecular weight is 223 g/mol. The number of rotatable bonds is 2. The van der Waals surface area contributed by atoms with Crippen molar-refractivity contribution in [2.24, 2.45) is 5.73 Å². The standard InChI is InChI=1S/C11H17N3O2/c1-11(2,3)16-10(15)9(13)8-5-4-7(12)6-14-8/h4-6,9H,12-13H2,1-3H3. The number of pyridine rings is 1. The number of aromatic nitrogens is 1. The number of carbonyl (C=O) groups is 1. The number of hydrogen-bond donors (Lipinski definition) is 2. The van der Waals surface area contributed by atoms with E-state index in [4.69, 9.17) is 16.2 Å². The summed E-state index contributed by atoms with van der Waals surface area (Å²) in [6, 6.07) is 2.39. The van der Waals surface area contributed by atoms with E-state index in [1.165, 1.54) is 6.20 Å². The Morgan fingerprint density at radius 3 is 2.50 bits per heavy atom. The van der Waals surface area contributed by atoms with E-state index in [0.29, 0.717) is 11.4 Å². The Kier molecular flexibility index (Phi) is 3.49. The number of nitrogens with zero attached hydrogens (tertiary/aromatic N) is 1. The van der Waals surface area contributed by atoms with Gasteiger partial charge in [0.2, 0.25) is 0 Å². The van der Waals surface area contributed by atoms with Gasteiger partial charge in [0.1, 0.15) is 11.6 Å². The van der Waals surface area contributed by atoms with Crippen molar-refractivity contribution in [2.75, 3.05) is 5.73 Å². The minimum Gasteiger partial charge on any atom is -0.459 e. The van der Waals surface area contributed by atoms with Crippen LogP contribution in [-0.2, 0) is 9.53 Å². The van der Waals surface area contributed by atoms with Crippen LogP contribution in [0.3, 0.4) is 0 Å². The molecule has 0 aliphatic rings. The molecule has 4 N–H and O–H groups in total. The lowest BCUT2D eigenvalue weighted by atomic mass is 10.1. The summed E-state index contributed by atoms with van der Waals surface area (Å²) in [5.41, 5.74) is 11.6. The smallest absolute Gasteiger partial charge is 0.329 e. The van der Waals surface area contributed by atoms with Crippen molar-refractivity contribution in [1.29, 1.82) is 0 Å². The molecule has 0 amide bonds. The second-order valence-electron chi connectivity index (χ2n) is 4.53. The summed E-state index contributed by atoms with van der Waals surface area (Å²) in [6.45, 7) is 5.36. The van der Waals surface area contributed by atoms with E-state index >= 15 is 0 Å². The highest BCUT2D eigenvalue weighted by Crippen LogP contribution is 2.15. The average Bonchev–Trinajstić information content (AvgIpc) is 2.15. The fourth-order valence-corrected chi connectivity index (χ4v) is 1.09. The number of carbonyl (C=O) groups excluding carboxylic acids is 1. The van der Waals surface area contributed by atoms with Gasteiger partial charge in [-0.3, -0.25) is 4.98 Å². The third-order valence-corrected chi connectivity index (χ3v) is 1.79. The summed E-state index contributed by atoms with van der Waals surface area (Å²) < 4.78 is 5.15. The van der Waals surface area contributed by atoms with Crippen molar-refractivity contribution in [3.8, 4) is 0 Å². The first-order chi connectivity index (χ1) is 7.29. The number of esters is 1. The van der Waals surface area contributed by atoms with Crippen LogP contribution in [0.4, 0.5) is 5.69 Å². The summed E-state index contributed by atoms with van der Waals surface area (Å²) >= 11 is 0. The molecule has 1 rings (SSSR count). The number of ether oxygens (including phenoxy) is 1. The zero-order valence-electron chi connectivity index (χ0n) is 9.73. The summed E-state index contributed by atoms with van der Waals surface area (Å²) in [5, 5.41) is 0. The molecule has 1 heterocycles. The van der Waals surface area contributed by atoms with Crippen molar-refractivity contribution in [3.63, 3.8) is 0 Å². The Bertz CT molecular complexity index is 368. The highest BCUT2D eigenvalue weighted by atomic mass is 16.6. The molecule has 5 nitrogen and oxygen atoms in total. The Hall–Kier alpha value is -1.62. The molecule has 1 atom stereocenters. The Labute approximate surface area is 94.8 Å². The Balaban J connectivity index is 2.74. The van der Waals surface area contributed by atoms with Gasteiger partial charge in [-0.25, -0.2) is 4.79 Å². The molecule has 0 bridgehead atoms. The van der Waals surface area contributed by atoms with Gasteiger partial charge in [0.15, 0.2) is 0 Å². The Morgan fingerprint density at radius 2 is 2.06 bits per heavy atom. The van der Waals surface area contributed by atoms with Gasteiger partial charge in [-0.2, -0.15) is 0 Å². The summed E-state index contributed by atoms with van der Waals surface area (Å²) in [4.78, 5) is 15.6. The molecule has 1 aromatic rings. The number of hydrogen-bond acceptors (Lipinski definition) is 5. The van der Waals surface area contributed by atoms with Gasteiger partial charge in [-0.05, 0) is 32.9 Å². The molecule has 0 aromatic carbocycles. The number of nitrogen functional groups attached to an aromatic ring is 1. The van der Waals surface area contributed by atoms with E-state index in [1.807, 2.05) is 0 Å². The first-order valence-corrected chi connectivity index (χ1v) is 4.99. The highest BCUT2D eigenvalue weighted by Gasteiger charge is 2.24. The van der Waals surface area contributed by atoms with E-state index in [-0.39, 0.29) is 0 Å². The predicted octanol–water partition coefficient (Wildman–Crippen LogP) is 1.01. The number of anilines is 1. The normalized spacial score (nSPS) is 13.2. The molecule has 0 fully saturated rings. The van der Waals surface area contributed by atoms with Crippen molar-refractivity contribution in [3.05, 3.63) is 24.0 Å². The molecule has 0 aliphatic heterocycles. The summed E-state index contributed by atoms with van der Waals surface area (Å²) in [5.74, 6) is -0.496. The van der Waals surface area contributed by atoms with E-state index in [9.17, 15) is 4.79 Å². The lowest BCUT2D eigenvalue weighted by molar-refractivity contribution is -0.156. The van der Waals surface area contributed by atoms with Crippen molar-refractivity contribution in [2.45, 2.75) is 32.4 Å². The first-order valence-electron chi connectivity index (χ1n) is 4.99. The van der Waals surface area contributed by atoms with Crippen LogP contribution in [-0.4, -0.2) is 16.6 Å². The molecule has 1 aromatic heterocycles. The quantitative estimate of drug-likeness (QED) is 0.730. The molecule has 0 saturated carbocycles. The molecule has 16 heavy (non-hydrogen) atoms. The second kappa shape index (κ2) is 4.49. The first kappa shape index (κ1) is 12.4. The predicted molar refractivity (Wildman–Crippen MR) is 61.4 cm³/mol. The third kappa shape index (κ3) is 3.51. The van der Waals surface area contributed by atoms with Crippen LogP contribution >= 0.6 is 0 Å². The molecule has 88 valence electrons. The molecule has 1 unspecified atom stereocenters. The van der Waals surface area contributed by atoms with Gasteiger partial charge in [0.05, 0.1) is 17.6 Å². The van der Waals surface area contributed by atoms with E-state index in [0.717, 1.165) is 0 Å². The fourth-order valence-electron chi connectivity index (χ4n) is 1.09. The van der Waals surface area contributed by atoms with Gasteiger partial charge in [0, 0.05) is 0 Å². The van der Waals surface area contributed by atoms with Crippen LogP contribution in [0.15, 0.2) is 18.3 Å². The molecule has 0 saturated heterocycles. The molecular weight excluding hydrogens is 206 g/mol. The number of nitrogens with two attached hydrogens (primary N) is 2. The maximum atomic E-state index is 11.6. The monoisotopic (exact) mass is 223 g/mol. The zero-order valence-corrected chi connectivity index (χ0v) is 9.73. The van der Waals surface area contributed by atoms with Gasteiger partial charge in [0.25, 0.3) is 0 Å². The van der Waals surface area contributed by atoms with Gasteiger partial charge in [-0.1, -0.05) is 0 Å². The van der Waals surface area contributed by atoms with Crippen LogP contribution in [0, 0.1) is 0 Å². The van der Waals surface area contributed by atoms with Gasteiger partial charge in [-0.15, -0.1) is 0 Å². The highest BCUT2D eigenvalue weighted by molar-refractivity contribution is 5.77. The second-order valence-corrected chi connectivity index (χ2v) is 4.53. The minimum absolute atomic E-state index is 0.448. The third-order valence-electron chi connectivity index (χ3n) is 1.79. The lowest BCUT2D eigenvalue weighted by Crippen LogP contribution is -2.32. The molecule has 5 heteroatoms. The Morgan fingerprint density at radius 1 is 1.44 bits per heavy atom. The van der Waals surface area contributed by atoms with E-state index in [2.05, 4.69) is 4.98 Å². The van der Waals surface area contributed by atoms with E-state index < -0.39 is 17.6 Å². The SMILES string of the molecule is CC(C)(C)OC(=O)C(N)c1ccc(N)cn1. The van der Waals surface area contributed by atoms with Crippen molar-refractivity contribution in [1.82, 2.24) is 4.98 Å². The van der Waals surface area contributed by atoms with Crippen molar-refractivity contribution < 1.29 is 9.53 Å². The minimum atomic E-state index is -0.875. The van der Waals surface area contributed by atoms with E-state index in [1.54, 1.807) is 32.9 Å². The zero-order chi connectivity index (χ0) is 12.3. The maximum absolute atomic E-state index is 11.6. The topological polar surface area (TPSA) is 91.2 Å².